The van der Waals surface area contributed by atoms with Crippen molar-refractivity contribution in [1.29, 1.82) is 0 Å². The fourth-order valence-corrected chi connectivity index (χ4v) is 5.67. The summed E-state index contributed by atoms with van der Waals surface area (Å²) in [6.07, 6.45) is 6.37. The number of carbonyl (C=O) groups is 2. The van der Waals surface area contributed by atoms with Crippen LogP contribution >= 0.6 is 0 Å². The van der Waals surface area contributed by atoms with Crippen molar-refractivity contribution < 1.29 is 19.1 Å². The maximum absolute atomic E-state index is 12.7. The molecule has 1 heterocycles. The van der Waals surface area contributed by atoms with Crippen LogP contribution in [0.5, 0.6) is 5.75 Å². The molecule has 46 heavy (non-hydrogen) atoms. The van der Waals surface area contributed by atoms with Gasteiger partial charge in [-0.2, -0.15) is 0 Å². The number of hydrogen-bond acceptors (Lipinski definition) is 7. The van der Waals surface area contributed by atoms with Crippen LogP contribution in [-0.4, -0.2) is 81.2 Å². The molecule has 1 fully saturated rings. The first-order chi connectivity index (χ1) is 22.5. The van der Waals surface area contributed by atoms with E-state index in [0.29, 0.717) is 18.6 Å². The molecule has 4 rings (SSSR count). The van der Waals surface area contributed by atoms with Crippen LogP contribution in [0.3, 0.4) is 0 Å². The van der Waals surface area contributed by atoms with Crippen molar-refractivity contribution in [2.45, 2.75) is 64.0 Å². The molecule has 1 amide bonds. The van der Waals surface area contributed by atoms with Gasteiger partial charge < -0.3 is 24.6 Å². The molecule has 1 saturated heterocycles. The molecule has 0 atom stereocenters. The summed E-state index contributed by atoms with van der Waals surface area (Å²) in [5.74, 6) is 1.26. The molecular formula is C38H52N4O4. The zero-order valence-corrected chi connectivity index (χ0v) is 27.7. The van der Waals surface area contributed by atoms with Gasteiger partial charge in [-0.15, -0.1) is 0 Å². The van der Waals surface area contributed by atoms with Crippen molar-refractivity contribution in [1.82, 2.24) is 15.1 Å². The first kappa shape index (κ1) is 35.1. The molecule has 8 heteroatoms. The van der Waals surface area contributed by atoms with Crippen molar-refractivity contribution in [3.8, 4) is 16.9 Å². The van der Waals surface area contributed by atoms with Gasteiger partial charge in [-0.3, -0.25) is 10.1 Å². The molecule has 0 radical (unpaired) electrons. The number of ketones is 1. The third-order valence-corrected chi connectivity index (χ3v) is 8.34. The van der Waals surface area contributed by atoms with E-state index in [2.05, 4.69) is 46.7 Å². The SMILES string of the molecule is CN(C)CCCOc1ccc(CNCCCCCC(=O)CCN2CCC(OC(=O)Nc3ccccc3-c3ccccc3)CC2)cc1. The standard InChI is InChI=1S/C38H52N4O4/c1-41(2)25-11-29-45-34-19-17-31(18-20-34)30-39-24-10-4-7-14-33(43)21-26-42-27-22-35(23-28-42)46-38(44)40-37-16-9-8-15-36(37)32-12-5-3-6-13-32/h3,5-6,8-9,12-13,15-20,35,39H,4,7,10-11,14,21-30H2,1-2H3,(H,40,44). The summed E-state index contributed by atoms with van der Waals surface area (Å²) in [4.78, 5) is 29.6. The predicted octanol–water partition coefficient (Wildman–Crippen LogP) is 7.01. The first-order valence-corrected chi connectivity index (χ1v) is 16.9. The van der Waals surface area contributed by atoms with E-state index < -0.39 is 6.09 Å². The Kier molecular flexibility index (Phi) is 15.1. The van der Waals surface area contributed by atoms with E-state index in [-0.39, 0.29) is 6.10 Å². The molecule has 0 unspecified atom stereocenters. The lowest BCUT2D eigenvalue weighted by atomic mass is 10.0. The Morgan fingerprint density at radius 3 is 2.35 bits per heavy atom. The van der Waals surface area contributed by atoms with Crippen molar-refractivity contribution in [2.24, 2.45) is 0 Å². The average molecular weight is 629 g/mol. The molecule has 8 nitrogen and oxygen atoms in total. The molecular weight excluding hydrogens is 576 g/mol. The van der Waals surface area contributed by atoms with Crippen molar-refractivity contribution in [3.05, 3.63) is 84.4 Å². The Morgan fingerprint density at radius 2 is 1.59 bits per heavy atom. The van der Waals surface area contributed by atoms with Gasteiger partial charge in [0.15, 0.2) is 0 Å². The van der Waals surface area contributed by atoms with E-state index >= 15 is 0 Å². The molecule has 248 valence electrons. The number of Topliss-reactive ketones (excluding diaryl/α,β-unsaturated/α-hetero) is 1. The second-order valence-corrected chi connectivity index (χ2v) is 12.4. The number of hydrogen-bond donors (Lipinski definition) is 2. The van der Waals surface area contributed by atoms with E-state index in [1.54, 1.807) is 0 Å². The zero-order valence-electron chi connectivity index (χ0n) is 27.7. The van der Waals surface area contributed by atoms with Crippen LogP contribution in [0.15, 0.2) is 78.9 Å². The van der Waals surface area contributed by atoms with Crippen LogP contribution in [0, 0.1) is 0 Å². The maximum atomic E-state index is 12.7. The second kappa shape index (κ2) is 19.7. The van der Waals surface area contributed by atoms with Crippen LogP contribution < -0.4 is 15.4 Å². The maximum Gasteiger partial charge on any atom is 0.411 e. The Hall–Kier alpha value is -3.72. The minimum absolute atomic E-state index is 0.110. The van der Waals surface area contributed by atoms with Gasteiger partial charge in [0, 0.05) is 51.1 Å². The number of benzene rings is 3. The van der Waals surface area contributed by atoms with E-state index in [9.17, 15) is 9.59 Å². The molecule has 3 aromatic rings. The Balaban J connectivity index is 1.00. The van der Waals surface area contributed by atoms with Crippen molar-refractivity contribution >= 4 is 17.6 Å². The van der Waals surface area contributed by atoms with E-state index in [0.717, 1.165) is 107 Å². The van der Waals surface area contributed by atoms with Gasteiger partial charge in [-0.25, -0.2) is 4.79 Å². The number of piperidine rings is 1. The number of likely N-dealkylation sites (tertiary alicyclic amines) is 1. The normalized spacial score (nSPS) is 13.9. The number of ether oxygens (including phenoxy) is 2. The summed E-state index contributed by atoms with van der Waals surface area (Å²) < 4.78 is 11.6. The van der Waals surface area contributed by atoms with E-state index in [1.807, 2.05) is 66.7 Å². The average Bonchev–Trinajstić information content (AvgIpc) is 3.07. The minimum Gasteiger partial charge on any atom is -0.494 e. The number of anilines is 1. The smallest absolute Gasteiger partial charge is 0.411 e. The van der Waals surface area contributed by atoms with E-state index in [1.165, 1.54) is 5.56 Å². The molecule has 0 bridgehead atoms. The number of nitrogens with one attached hydrogen (secondary N) is 2. The lowest BCUT2D eigenvalue weighted by Crippen LogP contribution is -2.39. The van der Waals surface area contributed by atoms with Gasteiger partial charge in [0.05, 0.1) is 12.3 Å². The van der Waals surface area contributed by atoms with Crippen LogP contribution in [0.4, 0.5) is 10.5 Å². The van der Waals surface area contributed by atoms with Gasteiger partial charge in [-0.1, -0.05) is 67.1 Å². The topological polar surface area (TPSA) is 83.1 Å². The van der Waals surface area contributed by atoms with Crippen LogP contribution in [0.25, 0.3) is 11.1 Å². The summed E-state index contributed by atoms with van der Waals surface area (Å²) in [5.41, 5.74) is 4.00. The van der Waals surface area contributed by atoms with Crippen molar-refractivity contribution in [3.63, 3.8) is 0 Å². The fraction of sp³-hybridized carbons (Fsp3) is 0.474. The summed E-state index contributed by atoms with van der Waals surface area (Å²) in [7, 11) is 4.15. The summed E-state index contributed by atoms with van der Waals surface area (Å²) in [5, 5.41) is 6.44. The van der Waals surface area contributed by atoms with Gasteiger partial charge in [0.25, 0.3) is 0 Å². The highest BCUT2D eigenvalue weighted by molar-refractivity contribution is 5.91. The minimum atomic E-state index is -0.418. The highest BCUT2D eigenvalue weighted by Gasteiger charge is 2.23. The number of para-hydroxylation sites is 1. The number of carbonyl (C=O) groups excluding carboxylic acids is 2. The van der Waals surface area contributed by atoms with Crippen LogP contribution in [0.1, 0.15) is 56.9 Å². The van der Waals surface area contributed by atoms with Crippen LogP contribution in [-0.2, 0) is 16.1 Å². The largest absolute Gasteiger partial charge is 0.494 e. The Labute approximate surface area is 275 Å². The lowest BCUT2D eigenvalue weighted by molar-refractivity contribution is -0.119. The monoisotopic (exact) mass is 628 g/mol. The molecule has 2 N–H and O–H groups in total. The summed E-state index contributed by atoms with van der Waals surface area (Å²) in [6, 6.07) is 26.1. The lowest BCUT2D eigenvalue weighted by Gasteiger charge is -2.31. The van der Waals surface area contributed by atoms with Crippen molar-refractivity contribution in [2.75, 3.05) is 58.7 Å². The highest BCUT2D eigenvalue weighted by atomic mass is 16.6. The summed E-state index contributed by atoms with van der Waals surface area (Å²) in [6.45, 7) is 6.01. The number of nitrogens with zero attached hydrogens (tertiary/aromatic N) is 2. The number of unbranched alkanes of at least 4 members (excludes halogenated alkanes) is 2. The quantitative estimate of drug-likeness (QED) is 0.138. The summed E-state index contributed by atoms with van der Waals surface area (Å²) >= 11 is 0. The zero-order chi connectivity index (χ0) is 32.4. The fourth-order valence-electron chi connectivity index (χ4n) is 5.67. The predicted molar refractivity (Wildman–Crippen MR) is 186 cm³/mol. The number of amides is 1. The van der Waals surface area contributed by atoms with Gasteiger partial charge >= 0.3 is 6.09 Å². The second-order valence-electron chi connectivity index (χ2n) is 12.4. The molecule has 0 saturated carbocycles. The third kappa shape index (κ3) is 12.9. The first-order valence-electron chi connectivity index (χ1n) is 16.9. The number of rotatable bonds is 19. The molecule has 0 aliphatic carbocycles. The Bertz CT molecular complexity index is 1310. The van der Waals surface area contributed by atoms with E-state index in [4.69, 9.17) is 9.47 Å². The molecule has 1 aliphatic heterocycles. The molecule has 0 spiro atoms. The molecule has 1 aliphatic rings. The van der Waals surface area contributed by atoms with Gasteiger partial charge in [-0.05, 0) is 82.1 Å². The third-order valence-electron chi connectivity index (χ3n) is 8.34. The molecule has 3 aromatic carbocycles. The highest BCUT2D eigenvalue weighted by Crippen LogP contribution is 2.28. The van der Waals surface area contributed by atoms with Crippen LogP contribution in [0.2, 0.25) is 0 Å². The molecule has 0 aromatic heterocycles. The Morgan fingerprint density at radius 1 is 0.848 bits per heavy atom. The van der Waals surface area contributed by atoms with Gasteiger partial charge in [0.2, 0.25) is 0 Å². The van der Waals surface area contributed by atoms with Gasteiger partial charge in [0.1, 0.15) is 17.6 Å².